The number of halogens is 1. The van der Waals surface area contributed by atoms with Crippen LogP contribution in [0.25, 0.3) is 0 Å². The van der Waals surface area contributed by atoms with Crippen molar-refractivity contribution in [3.63, 3.8) is 0 Å². The number of carbonyl (C=O) groups is 1. The Morgan fingerprint density at radius 1 is 1.59 bits per heavy atom. The molecule has 0 aliphatic rings. The average Bonchev–Trinajstić information content (AvgIpc) is 2.57. The second-order valence-electron chi connectivity index (χ2n) is 4.24. The van der Waals surface area contributed by atoms with Gasteiger partial charge in [0.2, 0.25) is 0 Å². The number of amides is 1. The molecule has 0 atom stereocenters. The van der Waals surface area contributed by atoms with Crippen molar-refractivity contribution >= 4 is 21.8 Å². The van der Waals surface area contributed by atoms with Gasteiger partial charge >= 0.3 is 0 Å². The molecule has 0 aliphatic carbocycles. The third-order valence-electron chi connectivity index (χ3n) is 2.61. The van der Waals surface area contributed by atoms with Gasteiger partial charge in [0.1, 0.15) is 5.69 Å². The molecule has 1 aromatic rings. The Bertz CT molecular complexity index is 388. The van der Waals surface area contributed by atoms with E-state index >= 15 is 0 Å². The van der Waals surface area contributed by atoms with Crippen molar-refractivity contribution in [3.8, 4) is 0 Å². The zero-order valence-corrected chi connectivity index (χ0v) is 12.3. The third kappa shape index (κ3) is 3.57. The van der Waals surface area contributed by atoms with Crippen LogP contribution in [0.3, 0.4) is 0 Å². The molecular weight excluding hydrogens is 284 g/mol. The van der Waals surface area contributed by atoms with Gasteiger partial charge in [-0.05, 0) is 35.8 Å². The van der Waals surface area contributed by atoms with Crippen LogP contribution in [0.1, 0.15) is 24.3 Å². The van der Waals surface area contributed by atoms with Gasteiger partial charge < -0.3 is 14.2 Å². The van der Waals surface area contributed by atoms with E-state index in [0.29, 0.717) is 18.8 Å². The van der Waals surface area contributed by atoms with Crippen molar-refractivity contribution < 1.29 is 9.53 Å². The number of aryl methyl sites for hydroxylation is 1. The van der Waals surface area contributed by atoms with Crippen molar-refractivity contribution in [1.29, 1.82) is 0 Å². The minimum atomic E-state index is 0.0326. The molecule has 1 rings (SSSR count). The van der Waals surface area contributed by atoms with Crippen molar-refractivity contribution in [2.24, 2.45) is 7.05 Å². The summed E-state index contributed by atoms with van der Waals surface area (Å²) in [6.45, 7) is 5.17. The first-order chi connectivity index (χ1) is 7.97. The van der Waals surface area contributed by atoms with Crippen LogP contribution in [-0.2, 0) is 11.8 Å². The molecule has 0 fully saturated rings. The minimum Gasteiger partial charge on any atom is -0.383 e. The summed E-state index contributed by atoms with van der Waals surface area (Å²) in [4.78, 5) is 14.2. The quantitative estimate of drug-likeness (QED) is 0.836. The highest BCUT2D eigenvalue weighted by Crippen LogP contribution is 2.16. The maximum Gasteiger partial charge on any atom is 0.270 e. The minimum absolute atomic E-state index is 0.0326. The summed E-state index contributed by atoms with van der Waals surface area (Å²) in [5.74, 6) is 0.0326. The SMILES string of the molecule is COCCN(C(=O)c1cc(Br)cn1C)C(C)C. The van der Waals surface area contributed by atoms with E-state index in [1.165, 1.54) is 0 Å². The molecule has 0 bridgehead atoms. The molecule has 96 valence electrons. The number of rotatable bonds is 5. The smallest absolute Gasteiger partial charge is 0.270 e. The van der Waals surface area contributed by atoms with Gasteiger partial charge in [-0.2, -0.15) is 0 Å². The lowest BCUT2D eigenvalue weighted by Gasteiger charge is -2.26. The molecular formula is C12H19BrN2O2. The van der Waals surface area contributed by atoms with E-state index in [0.717, 1.165) is 4.47 Å². The van der Waals surface area contributed by atoms with Crippen LogP contribution in [-0.4, -0.2) is 41.7 Å². The molecule has 1 heterocycles. The number of carbonyl (C=O) groups excluding carboxylic acids is 1. The molecule has 17 heavy (non-hydrogen) atoms. The highest BCUT2D eigenvalue weighted by molar-refractivity contribution is 9.10. The Hall–Kier alpha value is -0.810. The fraction of sp³-hybridized carbons (Fsp3) is 0.583. The number of nitrogens with zero attached hydrogens (tertiary/aromatic N) is 2. The molecule has 0 spiro atoms. The van der Waals surface area contributed by atoms with Crippen LogP contribution < -0.4 is 0 Å². The van der Waals surface area contributed by atoms with Crippen LogP contribution in [0, 0.1) is 0 Å². The van der Waals surface area contributed by atoms with Crippen LogP contribution >= 0.6 is 15.9 Å². The lowest BCUT2D eigenvalue weighted by molar-refractivity contribution is 0.0625. The fourth-order valence-corrected chi connectivity index (χ4v) is 2.19. The topological polar surface area (TPSA) is 34.5 Å². The first-order valence-corrected chi connectivity index (χ1v) is 6.38. The summed E-state index contributed by atoms with van der Waals surface area (Å²) >= 11 is 3.37. The molecule has 0 saturated heterocycles. The first kappa shape index (κ1) is 14.3. The molecule has 5 heteroatoms. The third-order valence-corrected chi connectivity index (χ3v) is 3.04. The molecule has 0 radical (unpaired) electrons. The number of aromatic nitrogens is 1. The largest absolute Gasteiger partial charge is 0.383 e. The fourth-order valence-electron chi connectivity index (χ4n) is 1.67. The van der Waals surface area contributed by atoms with Gasteiger partial charge in [-0.25, -0.2) is 0 Å². The highest BCUT2D eigenvalue weighted by atomic mass is 79.9. The summed E-state index contributed by atoms with van der Waals surface area (Å²) < 4.78 is 7.78. The van der Waals surface area contributed by atoms with Crippen LogP contribution in [0.5, 0.6) is 0 Å². The van der Waals surface area contributed by atoms with Crippen molar-refractivity contribution in [2.75, 3.05) is 20.3 Å². The van der Waals surface area contributed by atoms with Gasteiger partial charge in [0.25, 0.3) is 5.91 Å². The summed E-state index contributed by atoms with van der Waals surface area (Å²) in [5.41, 5.74) is 0.682. The molecule has 0 saturated carbocycles. The van der Waals surface area contributed by atoms with E-state index in [-0.39, 0.29) is 11.9 Å². The second-order valence-corrected chi connectivity index (χ2v) is 5.16. The van der Waals surface area contributed by atoms with E-state index in [1.807, 2.05) is 42.6 Å². The predicted molar refractivity (Wildman–Crippen MR) is 71.2 cm³/mol. The first-order valence-electron chi connectivity index (χ1n) is 5.59. The van der Waals surface area contributed by atoms with E-state index in [4.69, 9.17) is 4.74 Å². The molecule has 0 N–H and O–H groups in total. The zero-order valence-electron chi connectivity index (χ0n) is 10.7. The van der Waals surface area contributed by atoms with Gasteiger partial charge in [-0.1, -0.05) is 0 Å². The molecule has 4 nitrogen and oxygen atoms in total. The zero-order chi connectivity index (χ0) is 13.0. The van der Waals surface area contributed by atoms with Gasteiger partial charge in [0.15, 0.2) is 0 Å². The Labute approximate surface area is 111 Å². The van der Waals surface area contributed by atoms with E-state index in [1.54, 1.807) is 7.11 Å². The predicted octanol–water partition coefficient (Wildman–Crippen LogP) is 2.28. The lowest BCUT2D eigenvalue weighted by Crippen LogP contribution is -2.40. The van der Waals surface area contributed by atoms with E-state index in [2.05, 4.69) is 15.9 Å². The Kier molecular flexibility index (Phi) is 5.21. The van der Waals surface area contributed by atoms with Crippen LogP contribution in [0.15, 0.2) is 16.7 Å². The summed E-state index contributed by atoms with van der Waals surface area (Å²) in [5, 5.41) is 0. The van der Waals surface area contributed by atoms with Crippen molar-refractivity contribution in [2.45, 2.75) is 19.9 Å². The van der Waals surface area contributed by atoms with Gasteiger partial charge in [0.05, 0.1) is 6.61 Å². The Morgan fingerprint density at radius 3 is 2.65 bits per heavy atom. The number of ether oxygens (including phenoxy) is 1. The summed E-state index contributed by atoms with van der Waals surface area (Å²) in [6, 6.07) is 2.00. The lowest BCUT2D eigenvalue weighted by atomic mass is 10.2. The summed E-state index contributed by atoms with van der Waals surface area (Å²) in [7, 11) is 3.51. The summed E-state index contributed by atoms with van der Waals surface area (Å²) in [6.07, 6.45) is 1.88. The van der Waals surface area contributed by atoms with Gasteiger partial charge in [0, 0.05) is 37.4 Å². The molecule has 1 amide bonds. The monoisotopic (exact) mass is 302 g/mol. The number of methoxy groups -OCH3 is 1. The Morgan fingerprint density at radius 2 is 2.24 bits per heavy atom. The standard InChI is InChI=1S/C12H19BrN2O2/c1-9(2)15(5-6-17-4)12(16)11-7-10(13)8-14(11)3/h7-9H,5-6H2,1-4H3. The van der Waals surface area contributed by atoms with Gasteiger partial charge in [-0.3, -0.25) is 4.79 Å². The van der Waals surface area contributed by atoms with Gasteiger partial charge in [-0.15, -0.1) is 0 Å². The molecule has 0 aliphatic heterocycles. The van der Waals surface area contributed by atoms with Crippen molar-refractivity contribution in [3.05, 3.63) is 22.4 Å². The number of hydrogen-bond donors (Lipinski definition) is 0. The molecule has 0 aromatic carbocycles. The van der Waals surface area contributed by atoms with Crippen molar-refractivity contribution in [1.82, 2.24) is 9.47 Å². The maximum absolute atomic E-state index is 12.4. The normalized spacial score (nSPS) is 10.9. The van der Waals surface area contributed by atoms with E-state index in [9.17, 15) is 4.79 Å². The average molecular weight is 303 g/mol. The Balaban J connectivity index is 2.87. The maximum atomic E-state index is 12.4. The van der Waals surface area contributed by atoms with E-state index < -0.39 is 0 Å². The van der Waals surface area contributed by atoms with Crippen LogP contribution in [0.4, 0.5) is 0 Å². The molecule has 0 unspecified atom stereocenters. The number of hydrogen-bond acceptors (Lipinski definition) is 2. The molecule has 1 aromatic heterocycles. The van der Waals surface area contributed by atoms with Crippen LogP contribution in [0.2, 0.25) is 0 Å². The second kappa shape index (κ2) is 6.21. The highest BCUT2D eigenvalue weighted by Gasteiger charge is 2.21.